The number of likely N-dealkylation sites (N-methyl/N-ethyl adjacent to an activating group) is 1. The molecule has 1 aromatic rings. The Hall–Kier alpha value is -0.420. The lowest BCUT2D eigenvalue weighted by Crippen LogP contribution is -2.42. The van der Waals surface area contributed by atoms with E-state index in [1.54, 1.807) is 0 Å². The van der Waals surface area contributed by atoms with Gasteiger partial charge >= 0.3 is 0 Å². The van der Waals surface area contributed by atoms with Gasteiger partial charge in [0.05, 0.1) is 13.2 Å². The van der Waals surface area contributed by atoms with Crippen LogP contribution in [0.3, 0.4) is 0 Å². The van der Waals surface area contributed by atoms with E-state index >= 15 is 0 Å². The maximum Gasteiger partial charge on any atom is 0.0728 e. The van der Waals surface area contributed by atoms with Crippen LogP contribution in [-0.4, -0.2) is 31.1 Å². The van der Waals surface area contributed by atoms with Gasteiger partial charge in [0.2, 0.25) is 0 Å². The number of rotatable bonds is 6. The second kappa shape index (κ2) is 6.66. The van der Waals surface area contributed by atoms with Crippen molar-refractivity contribution < 1.29 is 4.74 Å². The Kier molecular flexibility index (Phi) is 5.79. The summed E-state index contributed by atoms with van der Waals surface area (Å²) < 4.78 is 6.86. The lowest BCUT2D eigenvalue weighted by atomic mass is 10.1. The van der Waals surface area contributed by atoms with Crippen molar-refractivity contribution in [3.63, 3.8) is 0 Å². The van der Waals surface area contributed by atoms with Gasteiger partial charge in [-0.05, 0) is 45.1 Å². The first-order valence-corrected chi connectivity index (χ1v) is 6.88. The lowest BCUT2D eigenvalue weighted by molar-refractivity contribution is 0.0272. The summed E-state index contributed by atoms with van der Waals surface area (Å²) in [6.45, 7) is 6.21. The number of nitrogens with zero attached hydrogens (tertiary/aromatic N) is 1. The Morgan fingerprint density at radius 2 is 2.00 bits per heavy atom. The van der Waals surface area contributed by atoms with Crippen molar-refractivity contribution in [3.05, 3.63) is 33.8 Å². The number of ether oxygens (including phenoxy) is 1. The third-order valence-corrected chi connectivity index (χ3v) is 4.01. The molecule has 0 aliphatic carbocycles. The van der Waals surface area contributed by atoms with Crippen LogP contribution in [0.2, 0.25) is 0 Å². The van der Waals surface area contributed by atoms with Gasteiger partial charge in [-0.3, -0.25) is 0 Å². The molecular weight excluding hydrogens is 292 g/mol. The molecule has 0 unspecified atom stereocenters. The minimum absolute atomic E-state index is 0.0453. The van der Waals surface area contributed by atoms with E-state index in [1.165, 1.54) is 0 Å². The van der Waals surface area contributed by atoms with Crippen LogP contribution < -0.4 is 5.73 Å². The zero-order chi connectivity index (χ0) is 13.8. The fraction of sp³-hybridized carbons (Fsp3) is 0.571. The molecule has 1 rings (SSSR count). The largest absolute Gasteiger partial charge is 0.375 e. The smallest absolute Gasteiger partial charge is 0.0728 e. The molecule has 0 aliphatic heterocycles. The second-order valence-corrected chi connectivity index (χ2v) is 6.18. The molecule has 0 atom stereocenters. The molecule has 3 nitrogen and oxygen atoms in total. The van der Waals surface area contributed by atoms with E-state index in [1.807, 2.05) is 6.07 Å². The summed E-state index contributed by atoms with van der Waals surface area (Å²) in [5.74, 6) is 0. The quantitative estimate of drug-likeness (QED) is 0.877. The van der Waals surface area contributed by atoms with Gasteiger partial charge in [0.25, 0.3) is 0 Å². The molecule has 0 fully saturated rings. The highest BCUT2D eigenvalue weighted by Gasteiger charge is 2.20. The van der Waals surface area contributed by atoms with Crippen molar-refractivity contribution in [3.8, 4) is 0 Å². The number of nitrogens with two attached hydrogens (primary N) is 1. The molecule has 0 spiro atoms. The molecule has 4 heteroatoms. The average Bonchev–Trinajstić information content (AvgIpc) is 2.30. The van der Waals surface area contributed by atoms with Gasteiger partial charge in [0.15, 0.2) is 0 Å². The van der Waals surface area contributed by atoms with E-state index in [0.717, 1.165) is 15.6 Å². The van der Waals surface area contributed by atoms with E-state index in [2.05, 4.69) is 60.9 Å². The van der Waals surface area contributed by atoms with Crippen LogP contribution >= 0.6 is 15.9 Å². The van der Waals surface area contributed by atoms with Crippen molar-refractivity contribution in [2.24, 2.45) is 5.73 Å². The van der Waals surface area contributed by atoms with E-state index in [0.29, 0.717) is 19.8 Å². The molecular formula is C14H23BrN2O. The molecule has 18 heavy (non-hydrogen) atoms. The summed E-state index contributed by atoms with van der Waals surface area (Å²) in [4.78, 5) is 2.17. The van der Waals surface area contributed by atoms with E-state index in [4.69, 9.17) is 10.5 Å². The summed E-state index contributed by atoms with van der Waals surface area (Å²) in [6, 6.07) is 6.16. The van der Waals surface area contributed by atoms with Gasteiger partial charge in [-0.25, -0.2) is 0 Å². The molecule has 0 saturated carbocycles. The van der Waals surface area contributed by atoms with Crippen LogP contribution in [0.1, 0.15) is 25.0 Å². The maximum absolute atomic E-state index is 5.80. The highest BCUT2D eigenvalue weighted by molar-refractivity contribution is 9.10. The van der Waals surface area contributed by atoms with Crippen LogP contribution in [0.5, 0.6) is 0 Å². The Labute approximate surface area is 118 Å². The lowest BCUT2D eigenvalue weighted by Gasteiger charge is -2.32. The average molecular weight is 315 g/mol. The molecule has 0 aliphatic rings. The van der Waals surface area contributed by atoms with Crippen LogP contribution in [-0.2, 0) is 17.9 Å². The van der Waals surface area contributed by atoms with Crippen LogP contribution in [0, 0.1) is 0 Å². The third kappa shape index (κ3) is 4.35. The molecule has 0 saturated heterocycles. The maximum atomic E-state index is 5.80. The molecule has 2 N–H and O–H groups in total. The van der Waals surface area contributed by atoms with E-state index in [-0.39, 0.29) is 5.54 Å². The minimum atomic E-state index is 0.0453. The first kappa shape index (κ1) is 15.6. The number of hydrogen-bond donors (Lipinski definition) is 1. The minimum Gasteiger partial charge on any atom is -0.375 e. The highest BCUT2D eigenvalue weighted by Crippen LogP contribution is 2.20. The first-order valence-electron chi connectivity index (χ1n) is 6.09. The van der Waals surface area contributed by atoms with Crippen LogP contribution in [0.4, 0.5) is 0 Å². The first-order chi connectivity index (χ1) is 8.36. The van der Waals surface area contributed by atoms with Gasteiger partial charge in [-0.15, -0.1) is 0 Å². The molecule has 0 radical (unpaired) electrons. The van der Waals surface area contributed by atoms with Crippen molar-refractivity contribution >= 4 is 15.9 Å². The zero-order valence-electron chi connectivity index (χ0n) is 11.7. The monoisotopic (exact) mass is 314 g/mol. The summed E-state index contributed by atoms with van der Waals surface area (Å²) in [7, 11) is 4.13. The Morgan fingerprint density at radius 1 is 1.33 bits per heavy atom. The molecule has 0 bridgehead atoms. The van der Waals surface area contributed by atoms with Crippen molar-refractivity contribution in [1.29, 1.82) is 0 Å². The topological polar surface area (TPSA) is 38.5 Å². The van der Waals surface area contributed by atoms with Crippen molar-refractivity contribution in [1.82, 2.24) is 4.90 Å². The Bertz CT molecular complexity index is 391. The molecule has 0 aromatic heterocycles. The van der Waals surface area contributed by atoms with E-state index in [9.17, 15) is 0 Å². The third-order valence-electron chi connectivity index (χ3n) is 3.28. The standard InChI is InChI=1S/C14H23BrN2O/c1-14(2,17(3)4)10-18-9-12-6-5-11(8-16)7-13(12)15/h5-7H,8-10,16H2,1-4H3. The van der Waals surface area contributed by atoms with Gasteiger partial charge in [-0.2, -0.15) is 0 Å². The number of hydrogen-bond acceptors (Lipinski definition) is 3. The van der Waals surface area contributed by atoms with E-state index < -0.39 is 0 Å². The zero-order valence-corrected chi connectivity index (χ0v) is 13.3. The number of benzene rings is 1. The van der Waals surface area contributed by atoms with Gasteiger partial charge in [0, 0.05) is 16.6 Å². The van der Waals surface area contributed by atoms with Gasteiger partial charge < -0.3 is 15.4 Å². The fourth-order valence-corrected chi connectivity index (χ4v) is 1.92. The van der Waals surface area contributed by atoms with Crippen molar-refractivity contribution in [2.45, 2.75) is 32.5 Å². The summed E-state index contributed by atoms with van der Waals surface area (Å²) in [6.07, 6.45) is 0. The normalized spacial score (nSPS) is 12.2. The Morgan fingerprint density at radius 3 is 2.50 bits per heavy atom. The number of halogens is 1. The van der Waals surface area contributed by atoms with Crippen LogP contribution in [0.15, 0.2) is 22.7 Å². The van der Waals surface area contributed by atoms with Crippen molar-refractivity contribution in [2.75, 3.05) is 20.7 Å². The summed E-state index contributed by atoms with van der Waals surface area (Å²) in [5.41, 5.74) is 7.93. The molecule has 0 amide bonds. The summed E-state index contributed by atoms with van der Waals surface area (Å²) in [5, 5.41) is 0. The summed E-state index contributed by atoms with van der Waals surface area (Å²) >= 11 is 3.55. The predicted octanol–water partition coefficient (Wildman–Crippen LogP) is 2.76. The van der Waals surface area contributed by atoms with Gasteiger partial charge in [-0.1, -0.05) is 28.1 Å². The highest BCUT2D eigenvalue weighted by atomic mass is 79.9. The van der Waals surface area contributed by atoms with Gasteiger partial charge in [0.1, 0.15) is 0 Å². The SMILES string of the molecule is CN(C)C(C)(C)COCc1ccc(CN)cc1Br. The fourth-order valence-electron chi connectivity index (χ4n) is 1.37. The second-order valence-electron chi connectivity index (χ2n) is 5.33. The molecule has 102 valence electrons. The molecule has 1 aromatic carbocycles. The van der Waals surface area contributed by atoms with Crippen LogP contribution in [0.25, 0.3) is 0 Å². The predicted molar refractivity (Wildman–Crippen MR) is 79.5 cm³/mol. The Balaban J connectivity index is 2.54. The molecule has 0 heterocycles.